The van der Waals surface area contributed by atoms with Gasteiger partial charge in [-0.25, -0.2) is 0 Å². The molecule has 0 bridgehead atoms. The summed E-state index contributed by atoms with van der Waals surface area (Å²) < 4.78 is 0. The second-order valence-electron chi connectivity index (χ2n) is 4.88. The minimum atomic E-state index is -0.306. The third-order valence-electron chi connectivity index (χ3n) is 3.45. The van der Waals surface area contributed by atoms with E-state index in [1.54, 1.807) is 4.90 Å². The van der Waals surface area contributed by atoms with Crippen LogP contribution in [0.5, 0.6) is 0 Å². The van der Waals surface area contributed by atoms with E-state index in [9.17, 15) is 9.59 Å². The molecule has 2 rings (SSSR count). The molecule has 118 valence electrons. The number of halogens is 1. The van der Waals surface area contributed by atoms with Gasteiger partial charge in [0.15, 0.2) is 0 Å². The van der Waals surface area contributed by atoms with Crippen molar-refractivity contribution in [2.45, 2.75) is 25.3 Å². The first-order chi connectivity index (χ1) is 9.74. The van der Waals surface area contributed by atoms with Crippen LogP contribution in [0.1, 0.15) is 28.9 Å². The Morgan fingerprint density at radius 2 is 2.24 bits per heavy atom. The summed E-state index contributed by atoms with van der Waals surface area (Å²) in [5.41, 5.74) is 0. The SMILES string of the molecule is CNCCCNC(=O)C1CCCN1C(=O)c1cccs1.Cl. The van der Waals surface area contributed by atoms with Gasteiger partial charge in [-0.05, 0) is 44.3 Å². The molecule has 1 aliphatic rings. The first-order valence-electron chi connectivity index (χ1n) is 7.01. The first-order valence-corrected chi connectivity index (χ1v) is 7.89. The number of hydrogen-bond acceptors (Lipinski definition) is 4. The number of rotatable bonds is 6. The van der Waals surface area contributed by atoms with E-state index in [2.05, 4.69) is 10.6 Å². The number of amides is 2. The van der Waals surface area contributed by atoms with Crippen molar-refractivity contribution in [3.05, 3.63) is 22.4 Å². The molecule has 0 spiro atoms. The average Bonchev–Trinajstić information content (AvgIpc) is 3.12. The molecule has 1 atom stereocenters. The molecule has 0 radical (unpaired) electrons. The number of nitrogens with one attached hydrogen (secondary N) is 2. The van der Waals surface area contributed by atoms with E-state index in [1.165, 1.54) is 11.3 Å². The number of carbonyl (C=O) groups excluding carboxylic acids is 2. The van der Waals surface area contributed by atoms with Gasteiger partial charge in [0.1, 0.15) is 6.04 Å². The highest BCUT2D eigenvalue weighted by Crippen LogP contribution is 2.22. The van der Waals surface area contributed by atoms with Crippen molar-refractivity contribution in [2.75, 3.05) is 26.7 Å². The van der Waals surface area contributed by atoms with Gasteiger partial charge in [0.25, 0.3) is 5.91 Å². The second kappa shape index (κ2) is 9.02. The first kappa shape index (κ1) is 17.9. The van der Waals surface area contributed by atoms with Crippen LogP contribution in [0.4, 0.5) is 0 Å². The summed E-state index contributed by atoms with van der Waals surface area (Å²) in [5, 5.41) is 7.85. The van der Waals surface area contributed by atoms with Crippen LogP contribution in [-0.4, -0.2) is 49.4 Å². The molecule has 7 heteroatoms. The van der Waals surface area contributed by atoms with Gasteiger partial charge in [-0.2, -0.15) is 0 Å². The van der Waals surface area contributed by atoms with E-state index in [4.69, 9.17) is 0 Å². The maximum atomic E-state index is 12.3. The Kier molecular flexibility index (Phi) is 7.71. The molecule has 0 aliphatic carbocycles. The molecule has 2 amide bonds. The Bertz CT molecular complexity index is 453. The Hall–Kier alpha value is -1.11. The van der Waals surface area contributed by atoms with Gasteiger partial charge < -0.3 is 15.5 Å². The van der Waals surface area contributed by atoms with Gasteiger partial charge in [-0.15, -0.1) is 23.7 Å². The van der Waals surface area contributed by atoms with Crippen LogP contribution < -0.4 is 10.6 Å². The molecule has 21 heavy (non-hydrogen) atoms. The van der Waals surface area contributed by atoms with E-state index < -0.39 is 0 Å². The molecule has 1 saturated heterocycles. The molecular formula is C14H22ClN3O2S. The largest absolute Gasteiger partial charge is 0.354 e. The molecule has 0 aromatic carbocycles. The molecule has 5 nitrogen and oxygen atoms in total. The zero-order valence-corrected chi connectivity index (χ0v) is 13.8. The molecule has 1 aliphatic heterocycles. The van der Waals surface area contributed by atoms with Crippen LogP contribution >= 0.6 is 23.7 Å². The lowest BCUT2D eigenvalue weighted by atomic mass is 10.2. The quantitative estimate of drug-likeness (QED) is 0.777. The number of carbonyl (C=O) groups is 2. The fraction of sp³-hybridized carbons (Fsp3) is 0.571. The summed E-state index contributed by atoms with van der Waals surface area (Å²) in [6.45, 7) is 2.20. The number of thiophene rings is 1. The van der Waals surface area contributed by atoms with Crippen molar-refractivity contribution >= 4 is 35.6 Å². The van der Waals surface area contributed by atoms with Crippen LogP contribution in [0.2, 0.25) is 0 Å². The van der Waals surface area contributed by atoms with Gasteiger partial charge in [-0.3, -0.25) is 9.59 Å². The zero-order chi connectivity index (χ0) is 14.4. The van der Waals surface area contributed by atoms with E-state index in [-0.39, 0.29) is 30.3 Å². The van der Waals surface area contributed by atoms with E-state index in [0.717, 1.165) is 25.8 Å². The standard InChI is InChI=1S/C14H21N3O2S.ClH/c1-15-7-4-8-16-13(18)11-5-2-9-17(11)14(19)12-6-3-10-20-12;/h3,6,10-11,15H,2,4-5,7-9H2,1H3,(H,16,18);1H. The third kappa shape index (κ3) is 4.69. The third-order valence-corrected chi connectivity index (χ3v) is 4.31. The van der Waals surface area contributed by atoms with Crippen molar-refractivity contribution in [3.63, 3.8) is 0 Å². The summed E-state index contributed by atoms with van der Waals surface area (Å²) in [6, 6.07) is 3.37. The highest BCUT2D eigenvalue weighted by atomic mass is 35.5. The lowest BCUT2D eigenvalue weighted by molar-refractivity contribution is -0.124. The number of likely N-dealkylation sites (tertiary alicyclic amines) is 1. The topological polar surface area (TPSA) is 61.4 Å². The number of nitrogens with zero attached hydrogens (tertiary/aromatic N) is 1. The van der Waals surface area contributed by atoms with Gasteiger partial charge >= 0.3 is 0 Å². The van der Waals surface area contributed by atoms with E-state index in [1.807, 2.05) is 24.6 Å². The van der Waals surface area contributed by atoms with Crippen LogP contribution in [0.25, 0.3) is 0 Å². The minimum Gasteiger partial charge on any atom is -0.354 e. The average molecular weight is 332 g/mol. The molecule has 2 heterocycles. The Morgan fingerprint density at radius 1 is 1.43 bits per heavy atom. The summed E-state index contributed by atoms with van der Waals surface area (Å²) in [4.78, 5) is 26.9. The summed E-state index contributed by atoms with van der Waals surface area (Å²) in [7, 11) is 1.89. The molecule has 2 N–H and O–H groups in total. The highest BCUT2D eigenvalue weighted by Gasteiger charge is 2.34. The molecule has 1 unspecified atom stereocenters. The predicted octanol–water partition coefficient (Wildman–Crippen LogP) is 1.50. The normalized spacial score (nSPS) is 17.4. The molecule has 0 saturated carbocycles. The fourth-order valence-corrected chi connectivity index (χ4v) is 3.10. The molecular weight excluding hydrogens is 310 g/mol. The maximum Gasteiger partial charge on any atom is 0.264 e. The second-order valence-corrected chi connectivity index (χ2v) is 5.83. The van der Waals surface area contributed by atoms with Gasteiger partial charge in [0.2, 0.25) is 5.91 Å². The lowest BCUT2D eigenvalue weighted by Crippen LogP contribution is -2.46. The van der Waals surface area contributed by atoms with Crippen LogP contribution in [-0.2, 0) is 4.79 Å². The lowest BCUT2D eigenvalue weighted by Gasteiger charge is -2.23. The van der Waals surface area contributed by atoms with Gasteiger partial charge in [0.05, 0.1) is 4.88 Å². The van der Waals surface area contributed by atoms with Crippen molar-refractivity contribution in [3.8, 4) is 0 Å². The summed E-state index contributed by atoms with van der Waals surface area (Å²) >= 11 is 1.42. The van der Waals surface area contributed by atoms with E-state index in [0.29, 0.717) is 18.0 Å². The monoisotopic (exact) mass is 331 g/mol. The van der Waals surface area contributed by atoms with Crippen molar-refractivity contribution in [1.82, 2.24) is 15.5 Å². The van der Waals surface area contributed by atoms with E-state index >= 15 is 0 Å². The molecule has 1 aromatic heterocycles. The highest BCUT2D eigenvalue weighted by molar-refractivity contribution is 7.12. The van der Waals surface area contributed by atoms with Crippen LogP contribution in [0.3, 0.4) is 0 Å². The fourth-order valence-electron chi connectivity index (χ4n) is 2.42. The van der Waals surface area contributed by atoms with Crippen LogP contribution in [0, 0.1) is 0 Å². The predicted molar refractivity (Wildman–Crippen MR) is 87.2 cm³/mol. The smallest absolute Gasteiger partial charge is 0.264 e. The molecule has 1 fully saturated rings. The summed E-state index contributed by atoms with van der Waals surface area (Å²) in [6.07, 6.45) is 2.55. The Labute approximate surface area is 135 Å². The zero-order valence-electron chi connectivity index (χ0n) is 12.1. The van der Waals surface area contributed by atoms with Gasteiger partial charge in [-0.1, -0.05) is 6.07 Å². The van der Waals surface area contributed by atoms with Crippen molar-refractivity contribution in [1.29, 1.82) is 0 Å². The van der Waals surface area contributed by atoms with Crippen LogP contribution in [0.15, 0.2) is 17.5 Å². The van der Waals surface area contributed by atoms with Gasteiger partial charge in [0, 0.05) is 13.1 Å². The minimum absolute atomic E-state index is 0. The summed E-state index contributed by atoms with van der Waals surface area (Å²) in [5.74, 6) is -0.0450. The van der Waals surface area contributed by atoms with Crippen molar-refractivity contribution < 1.29 is 9.59 Å². The Morgan fingerprint density at radius 3 is 2.90 bits per heavy atom. The van der Waals surface area contributed by atoms with Crippen molar-refractivity contribution in [2.24, 2.45) is 0 Å². The molecule has 1 aromatic rings. The maximum absolute atomic E-state index is 12.3. The number of hydrogen-bond donors (Lipinski definition) is 2. The Balaban J connectivity index is 0.00000220.